The molecule has 1 aliphatic rings. The number of ether oxygens (including phenoxy) is 2. The maximum atomic E-state index is 7.15. The van der Waals surface area contributed by atoms with E-state index < -0.39 is 13.8 Å². The Labute approximate surface area is 420 Å². The van der Waals surface area contributed by atoms with E-state index in [1.807, 2.05) is 133 Å². The van der Waals surface area contributed by atoms with Crippen molar-refractivity contribution < 1.29 is 23.0 Å². The Morgan fingerprint density at radius 3 is 1.20 bits per heavy atom. The van der Waals surface area contributed by atoms with Gasteiger partial charge in [0.1, 0.15) is 43.3 Å². The molecule has 10 aromatic carbocycles. The van der Waals surface area contributed by atoms with E-state index in [4.69, 9.17) is 23.0 Å². The molecule has 0 amide bonds. The first-order chi connectivity index (χ1) is 35.0. The number of hydrogen-bond donors (Lipinski definition) is 0. The van der Waals surface area contributed by atoms with Crippen molar-refractivity contribution >= 4 is 27.8 Å². The largest absolute Gasteiger partial charge is 0.496 e. The molecule has 1 atom stereocenters. The van der Waals surface area contributed by atoms with Crippen molar-refractivity contribution in [1.82, 2.24) is 0 Å². The molecule has 71 heavy (non-hydrogen) atoms. The van der Waals surface area contributed by atoms with Gasteiger partial charge in [0.2, 0.25) is 0 Å². The molecule has 10 aromatic rings. The van der Waals surface area contributed by atoms with Gasteiger partial charge in [0.15, 0.2) is 0 Å². The molecular formula is C64H52O5P2. The van der Waals surface area contributed by atoms with Crippen LogP contribution in [0.2, 0.25) is 0 Å². The number of methoxy groups -OCH3 is 1. The van der Waals surface area contributed by atoms with Crippen LogP contribution < -0.4 is 33.7 Å². The molecule has 1 aliphatic heterocycles. The van der Waals surface area contributed by atoms with Crippen molar-refractivity contribution in [2.24, 2.45) is 0 Å². The highest BCUT2D eigenvalue weighted by Crippen LogP contribution is 2.53. The fourth-order valence-corrected chi connectivity index (χ4v) is 11.1. The highest BCUT2D eigenvalue weighted by atomic mass is 31.2. The van der Waals surface area contributed by atoms with Gasteiger partial charge in [0.25, 0.3) is 0 Å². The van der Waals surface area contributed by atoms with Crippen LogP contribution in [0.25, 0.3) is 44.5 Å². The maximum absolute atomic E-state index is 7.15. The molecule has 0 N–H and O–H groups in total. The molecule has 5 nitrogen and oxygen atoms in total. The number of hydrogen-bond acceptors (Lipinski definition) is 5. The van der Waals surface area contributed by atoms with Crippen LogP contribution in [0.15, 0.2) is 255 Å². The summed E-state index contributed by atoms with van der Waals surface area (Å²) in [6.07, 6.45) is 0. The lowest BCUT2D eigenvalue weighted by Gasteiger charge is -2.37. The quantitative estimate of drug-likeness (QED) is 0.108. The van der Waals surface area contributed by atoms with Gasteiger partial charge < -0.3 is 23.0 Å². The SMILES string of the molecule is CC1(C)c2cccc(POc3ccccc3-c3ccccc3)c2Oc2c(P(Oc3ccccc3-c3ccccc3)Oc3ccccc3-c3ccccc3)cccc21.COc1ccccc1-c1ccccc1. The third-order valence-corrected chi connectivity index (χ3v) is 14.9. The second-order valence-electron chi connectivity index (χ2n) is 17.4. The van der Waals surface area contributed by atoms with Gasteiger partial charge in [-0.2, -0.15) is 0 Å². The molecule has 0 aromatic heterocycles. The zero-order valence-electron chi connectivity index (χ0n) is 39.7. The van der Waals surface area contributed by atoms with Crippen molar-refractivity contribution in [1.29, 1.82) is 0 Å². The lowest BCUT2D eigenvalue weighted by molar-refractivity contribution is 0.416. The van der Waals surface area contributed by atoms with Gasteiger partial charge in [-0.05, 0) is 58.7 Å². The van der Waals surface area contributed by atoms with E-state index in [2.05, 4.69) is 135 Å². The topological polar surface area (TPSA) is 46.2 Å². The van der Waals surface area contributed by atoms with E-state index in [0.717, 1.165) is 95.2 Å². The molecule has 0 spiro atoms. The first kappa shape index (κ1) is 46.8. The van der Waals surface area contributed by atoms with E-state index >= 15 is 0 Å². The first-order valence-corrected chi connectivity index (χ1v) is 25.7. The monoisotopic (exact) mass is 962 g/mol. The van der Waals surface area contributed by atoms with Gasteiger partial charge >= 0.3 is 8.38 Å². The van der Waals surface area contributed by atoms with E-state index in [1.165, 1.54) is 5.56 Å². The van der Waals surface area contributed by atoms with Gasteiger partial charge in [0, 0.05) is 38.8 Å². The van der Waals surface area contributed by atoms with E-state index in [0.29, 0.717) is 0 Å². The Kier molecular flexibility index (Phi) is 14.4. The summed E-state index contributed by atoms with van der Waals surface area (Å²) < 4.78 is 33.4. The Morgan fingerprint density at radius 2 is 0.732 bits per heavy atom. The third-order valence-electron chi connectivity index (χ3n) is 12.5. The summed E-state index contributed by atoms with van der Waals surface area (Å²) in [5.74, 6) is 4.76. The summed E-state index contributed by atoms with van der Waals surface area (Å²) in [5, 5.41) is 1.83. The molecular weight excluding hydrogens is 911 g/mol. The summed E-state index contributed by atoms with van der Waals surface area (Å²) in [6, 6.07) is 86.5. The molecule has 348 valence electrons. The summed E-state index contributed by atoms with van der Waals surface area (Å²) in [4.78, 5) is 0. The van der Waals surface area contributed by atoms with E-state index in [1.54, 1.807) is 7.11 Å². The molecule has 0 fully saturated rings. The van der Waals surface area contributed by atoms with Crippen LogP contribution in [-0.2, 0) is 5.41 Å². The second-order valence-corrected chi connectivity index (χ2v) is 19.7. The fraction of sp³-hybridized carbons (Fsp3) is 0.0625. The van der Waals surface area contributed by atoms with Crippen molar-refractivity contribution in [2.75, 3.05) is 7.11 Å². The van der Waals surface area contributed by atoms with Gasteiger partial charge in [-0.1, -0.05) is 232 Å². The van der Waals surface area contributed by atoms with E-state index in [-0.39, 0.29) is 8.81 Å². The normalized spacial score (nSPS) is 12.2. The number of para-hydroxylation sites is 6. The average Bonchev–Trinajstić information content (AvgIpc) is 3.44. The zero-order chi connectivity index (χ0) is 48.4. The fourth-order valence-electron chi connectivity index (χ4n) is 8.86. The molecule has 1 heterocycles. The molecule has 0 aliphatic carbocycles. The van der Waals surface area contributed by atoms with Crippen molar-refractivity contribution in [3.05, 3.63) is 266 Å². The second kappa shape index (κ2) is 21.8. The molecule has 1 unspecified atom stereocenters. The smallest absolute Gasteiger partial charge is 0.330 e. The highest BCUT2D eigenvalue weighted by molar-refractivity contribution is 7.57. The van der Waals surface area contributed by atoms with Crippen LogP contribution in [0.3, 0.4) is 0 Å². The third kappa shape index (κ3) is 10.4. The van der Waals surface area contributed by atoms with Crippen molar-refractivity contribution in [3.8, 4) is 79.0 Å². The molecule has 0 saturated heterocycles. The highest BCUT2D eigenvalue weighted by Gasteiger charge is 2.39. The van der Waals surface area contributed by atoms with Crippen LogP contribution in [0.4, 0.5) is 0 Å². The van der Waals surface area contributed by atoms with Crippen molar-refractivity contribution in [3.63, 3.8) is 0 Å². The van der Waals surface area contributed by atoms with Gasteiger partial charge in [0.05, 0.1) is 17.7 Å². The van der Waals surface area contributed by atoms with Crippen molar-refractivity contribution in [2.45, 2.75) is 19.3 Å². The Hall–Kier alpha value is -7.94. The van der Waals surface area contributed by atoms with Crippen LogP contribution in [0.5, 0.6) is 34.5 Å². The van der Waals surface area contributed by atoms with Crippen LogP contribution >= 0.6 is 17.2 Å². The minimum absolute atomic E-state index is 0.00455. The predicted molar refractivity (Wildman–Crippen MR) is 296 cm³/mol. The van der Waals surface area contributed by atoms with Crippen LogP contribution in [0, 0.1) is 0 Å². The van der Waals surface area contributed by atoms with Gasteiger partial charge in [-0.15, -0.1) is 0 Å². The first-order valence-electron chi connectivity index (χ1n) is 23.6. The summed E-state index contributed by atoms with van der Waals surface area (Å²) in [7, 11) is -0.104. The standard InChI is InChI=1S/C51H40O4P2.C13H12O/c1-51(2)42-29-18-34-47(56-53-44-31-15-12-26-39(44)36-20-6-3-7-21-36)49(42)52-50-43(51)30-19-35-48(50)57(54-45-32-16-13-27-40(45)37-22-8-4-9-23-37)55-46-33-17-14-28-41(46)38-24-10-5-11-25-38;1-14-13-10-6-5-9-12(13)11-7-3-2-4-8-11/h3-35,56H,1-2H3;2-10H,1H3. The molecule has 0 radical (unpaired) electrons. The number of benzene rings is 10. The summed E-state index contributed by atoms with van der Waals surface area (Å²) in [5.41, 5.74) is 10.4. The number of fused-ring (bicyclic) bond motifs is 2. The summed E-state index contributed by atoms with van der Waals surface area (Å²) >= 11 is 0. The molecule has 0 saturated carbocycles. The molecule has 11 rings (SSSR count). The predicted octanol–water partition coefficient (Wildman–Crippen LogP) is 16.9. The Balaban J connectivity index is 0.000000357. The van der Waals surface area contributed by atoms with E-state index in [9.17, 15) is 0 Å². The van der Waals surface area contributed by atoms with Crippen LogP contribution in [-0.4, -0.2) is 7.11 Å². The summed E-state index contributed by atoms with van der Waals surface area (Å²) in [6.45, 7) is 4.52. The van der Waals surface area contributed by atoms with Gasteiger partial charge in [-0.25, -0.2) is 0 Å². The lowest BCUT2D eigenvalue weighted by Crippen LogP contribution is -2.30. The minimum atomic E-state index is -1.80. The van der Waals surface area contributed by atoms with Gasteiger partial charge in [-0.3, -0.25) is 0 Å². The molecule has 7 heteroatoms. The number of rotatable bonds is 13. The zero-order valence-corrected chi connectivity index (χ0v) is 41.6. The maximum Gasteiger partial charge on any atom is 0.330 e. The molecule has 0 bridgehead atoms. The Bertz CT molecular complexity index is 3280. The lowest BCUT2D eigenvalue weighted by atomic mass is 9.76. The van der Waals surface area contributed by atoms with Crippen LogP contribution in [0.1, 0.15) is 25.0 Å². The average molecular weight is 963 g/mol. The Morgan fingerprint density at radius 1 is 0.366 bits per heavy atom. The minimum Gasteiger partial charge on any atom is -0.496 e.